The average Bonchev–Trinajstić information content (AvgIpc) is 2.71. The van der Waals surface area contributed by atoms with Crippen molar-refractivity contribution in [1.29, 1.82) is 0 Å². The van der Waals surface area contributed by atoms with Gasteiger partial charge in [-0.1, -0.05) is 24.3 Å². The van der Waals surface area contributed by atoms with Crippen molar-refractivity contribution in [2.75, 3.05) is 0 Å². The largest absolute Gasteiger partial charge is 0.494 e. The van der Waals surface area contributed by atoms with Gasteiger partial charge in [0, 0.05) is 17.1 Å². The molecule has 1 aromatic heterocycles. The maximum absolute atomic E-state index is 10.0. The van der Waals surface area contributed by atoms with E-state index in [2.05, 4.69) is 9.98 Å². The molecular formula is C17H16N2O. The molecule has 0 aliphatic carbocycles. The quantitative estimate of drug-likeness (QED) is 0.668. The van der Waals surface area contributed by atoms with E-state index in [1.165, 1.54) is 5.56 Å². The van der Waals surface area contributed by atoms with Crippen LogP contribution in [0.15, 0.2) is 47.5 Å². The second-order valence-electron chi connectivity index (χ2n) is 5.03. The van der Waals surface area contributed by atoms with Crippen molar-refractivity contribution in [3.05, 3.63) is 59.2 Å². The van der Waals surface area contributed by atoms with Crippen LogP contribution in [0.2, 0.25) is 0 Å². The first-order valence-electron chi connectivity index (χ1n) is 6.55. The number of nitrogens with zero attached hydrogens (tertiary/aromatic N) is 1. The van der Waals surface area contributed by atoms with Crippen LogP contribution in [0.1, 0.15) is 16.7 Å². The average molecular weight is 264 g/mol. The number of aliphatic imine (C=N–C) groups is 1. The maximum Gasteiger partial charge on any atom is 0.198 e. The monoisotopic (exact) mass is 264 g/mol. The molecule has 0 radical (unpaired) electrons. The molecule has 0 spiro atoms. The molecule has 0 aliphatic rings. The maximum atomic E-state index is 10.0. The summed E-state index contributed by atoms with van der Waals surface area (Å²) in [6, 6.07) is 14.0. The van der Waals surface area contributed by atoms with Gasteiger partial charge in [-0.05, 0) is 43.2 Å². The van der Waals surface area contributed by atoms with E-state index >= 15 is 0 Å². The SMILES string of the molecule is Cc1cccc(N=Cc2c(O)[nH]c3cc(C)ccc23)c1. The lowest BCUT2D eigenvalue weighted by Gasteiger charge is -1.96. The van der Waals surface area contributed by atoms with E-state index < -0.39 is 0 Å². The van der Waals surface area contributed by atoms with Crippen LogP contribution in [0, 0.1) is 13.8 Å². The molecule has 0 unspecified atom stereocenters. The Kier molecular flexibility index (Phi) is 3.03. The van der Waals surface area contributed by atoms with Crippen molar-refractivity contribution in [3.8, 4) is 5.88 Å². The molecule has 2 N–H and O–H groups in total. The molecule has 0 atom stereocenters. The number of H-pyrrole nitrogens is 1. The Hall–Kier alpha value is -2.55. The smallest absolute Gasteiger partial charge is 0.198 e. The molecule has 0 bridgehead atoms. The van der Waals surface area contributed by atoms with Crippen LogP contribution in [0.5, 0.6) is 5.88 Å². The van der Waals surface area contributed by atoms with E-state index in [1.807, 2.05) is 56.3 Å². The summed E-state index contributed by atoms with van der Waals surface area (Å²) in [5.41, 5.74) is 4.85. The molecule has 3 nitrogen and oxygen atoms in total. The fourth-order valence-corrected chi connectivity index (χ4v) is 2.30. The van der Waals surface area contributed by atoms with Gasteiger partial charge in [0.2, 0.25) is 0 Å². The predicted octanol–water partition coefficient (Wildman–Crippen LogP) is 4.24. The Morgan fingerprint density at radius 1 is 1.05 bits per heavy atom. The number of hydrogen-bond donors (Lipinski definition) is 2. The van der Waals surface area contributed by atoms with E-state index in [0.29, 0.717) is 0 Å². The van der Waals surface area contributed by atoms with Gasteiger partial charge in [0.25, 0.3) is 0 Å². The Bertz CT molecular complexity index is 800. The van der Waals surface area contributed by atoms with Crippen molar-refractivity contribution in [2.45, 2.75) is 13.8 Å². The number of benzene rings is 2. The van der Waals surface area contributed by atoms with Crippen LogP contribution in [0.4, 0.5) is 5.69 Å². The summed E-state index contributed by atoms with van der Waals surface area (Å²) < 4.78 is 0. The summed E-state index contributed by atoms with van der Waals surface area (Å²) in [6.45, 7) is 4.06. The number of fused-ring (bicyclic) bond motifs is 1. The normalized spacial score (nSPS) is 11.5. The minimum absolute atomic E-state index is 0.155. The molecule has 1 heterocycles. The van der Waals surface area contributed by atoms with Gasteiger partial charge in [-0.15, -0.1) is 0 Å². The number of rotatable bonds is 2. The molecule has 100 valence electrons. The molecule has 3 aromatic rings. The molecule has 3 heteroatoms. The van der Waals surface area contributed by atoms with Gasteiger partial charge in [-0.25, -0.2) is 0 Å². The van der Waals surface area contributed by atoms with Crippen LogP contribution in [0.3, 0.4) is 0 Å². The minimum atomic E-state index is 0.155. The van der Waals surface area contributed by atoms with Gasteiger partial charge >= 0.3 is 0 Å². The van der Waals surface area contributed by atoms with E-state index in [9.17, 15) is 5.11 Å². The van der Waals surface area contributed by atoms with E-state index in [1.54, 1.807) is 6.21 Å². The third kappa shape index (κ3) is 2.30. The topological polar surface area (TPSA) is 48.4 Å². The lowest BCUT2D eigenvalue weighted by molar-refractivity contribution is 0.457. The minimum Gasteiger partial charge on any atom is -0.494 e. The third-order valence-corrected chi connectivity index (χ3v) is 3.32. The van der Waals surface area contributed by atoms with E-state index in [4.69, 9.17) is 0 Å². The Morgan fingerprint density at radius 3 is 2.65 bits per heavy atom. The van der Waals surface area contributed by atoms with Crippen LogP contribution in [-0.2, 0) is 0 Å². The second-order valence-corrected chi connectivity index (χ2v) is 5.03. The summed E-state index contributed by atoms with van der Waals surface area (Å²) in [5, 5.41) is 11.0. The highest BCUT2D eigenvalue weighted by Gasteiger charge is 2.08. The van der Waals surface area contributed by atoms with Crippen molar-refractivity contribution < 1.29 is 5.11 Å². The van der Waals surface area contributed by atoms with Crippen molar-refractivity contribution >= 4 is 22.8 Å². The van der Waals surface area contributed by atoms with Gasteiger partial charge in [-0.2, -0.15) is 0 Å². The highest BCUT2D eigenvalue weighted by atomic mass is 16.3. The first-order valence-corrected chi connectivity index (χ1v) is 6.55. The van der Waals surface area contributed by atoms with Crippen molar-refractivity contribution in [1.82, 2.24) is 4.98 Å². The molecular weight excluding hydrogens is 248 g/mol. The lowest BCUT2D eigenvalue weighted by Crippen LogP contribution is -1.80. The van der Waals surface area contributed by atoms with E-state index in [0.717, 1.165) is 27.7 Å². The van der Waals surface area contributed by atoms with Crippen LogP contribution >= 0.6 is 0 Å². The zero-order valence-corrected chi connectivity index (χ0v) is 11.5. The first-order chi connectivity index (χ1) is 9.63. The van der Waals surface area contributed by atoms with E-state index in [-0.39, 0.29) is 5.88 Å². The summed E-state index contributed by atoms with van der Waals surface area (Å²) in [4.78, 5) is 7.42. The lowest BCUT2D eigenvalue weighted by atomic mass is 10.1. The molecule has 0 fully saturated rings. The number of aromatic hydroxyl groups is 1. The number of aryl methyl sites for hydroxylation is 2. The van der Waals surface area contributed by atoms with Gasteiger partial charge in [-0.3, -0.25) is 4.99 Å². The van der Waals surface area contributed by atoms with Gasteiger partial charge in [0.05, 0.1) is 11.3 Å². The molecule has 0 saturated heterocycles. The fraction of sp³-hybridized carbons (Fsp3) is 0.118. The number of aromatic amines is 1. The molecule has 2 aromatic carbocycles. The van der Waals surface area contributed by atoms with Crippen LogP contribution in [-0.4, -0.2) is 16.3 Å². The number of nitrogens with one attached hydrogen (secondary N) is 1. The first kappa shape index (κ1) is 12.5. The standard InChI is InChI=1S/C17H16N2O/c1-11-4-3-5-13(8-11)18-10-15-14-7-6-12(2)9-16(14)19-17(15)20/h3-10,19-20H,1-2H3. The predicted molar refractivity (Wildman–Crippen MR) is 83.1 cm³/mol. The fourth-order valence-electron chi connectivity index (χ4n) is 2.30. The zero-order chi connectivity index (χ0) is 14.1. The van der Waals surface area contributed by atoms with Gasteiger partial charge in [0.1, 0.15) is 0 Å². The van der Waals surface area contributed by atoms with Gasteiger partial charge in [0.15, 0.2) is 5.88 Å². The summed E-state index contributed by atoms with van der Waals surface area (Å²) in [5.74, 6) is 0.155. The second kappa shape index (κ2) is 4.85. The summed E-state index contributed by atoms with van der Waals surface area (Å²) >= 11 is 0. The number of hydrogen-bond acceptors (Lipinski definition) is 2. The Labute approximate surface area is 117 Å². The Balaban J connectivity index is 2.04. The van der Waals surface area contributed by atoms with Crippen molar-refractivity contribution in [2.24, 2.45) is 4.99 Å². The summed E-state index contributed by atoms with van der Waals surface area (Å²) in [6.07, 6.45) is 1.71. The highest BCUT2D eigenvalue weighted by molar-refractivity contribution is 6.02. The Morgan fingerprint density at radius 2 is 1.85 bits per heavy atom. The van der Waals surface area contributed by atoms with Gasteiger partial charge < -0.3 is 10.1 Å². The molecule has 0 amide bonds. The number of aromatic nitrogens is 1. The summed E-state index contributed by atoms with van der Waals surface area (Å²) in [7, 11) is 0. The van der Waals surface area contributed by atoms with Crippen LogP contribution < -0.4 is 0 Å². The van der Waals surface area contributed by atoms with Crippen LogP contribution in [0.25, 0.3) is 10.9 Å². The highest BCUT2D eigenvalue weighted by Crippen LogP contribution is 2.27. The molecule has 20 heavy (non-hydrogen) atoms. The zero-order valence-electron chi connectivity index (χ0n) is 11.5. The molecule has 3 rings (SSSR count). The van der Waals surface area contributed by atoms with Crippen molar-refractivity contribution in [3.63, 3.8) is 0 Å². The molecule has 0 aliphatic heterocycles. The molecule has 0 saturated carbocycles. The third-order valence-electron chi connectivity index (χ3n) is 3.32.